The van der Waals surface area contributed by atoms with Crippen LogP contribution < -0.4 is 4.74 Å². The van der Waals surface area contributed by atoms with Gasteiger partial charge in [0.1, 0.15) is 12.2 Å². The van der Waals surface area contributed by atoms with Gasteiger partial charge in [-0.1, -0.05) is 110 Å². The van der Waals surface area contributed by atoms with Gasteiger partial charge in [-0.3, -0.25) is 9.28 Å². The van der Waals surface area contributed by atoms with Crippen LogP contribution >= 0.6 is 11.7 Å². The first kappa shape index (κ1) is 32.7. The highest BCUT2D eigenvalue weighted by molar-refractivity contribution is 6.99. The van der Waals surface area contributed by atoms with Gasteiger partial charge in [0.25, 0.3) is 5.88 Å². The van der Waals surface area contributed by atoms with Crippen molar-refractivity contribution in [3.63, 3.8) is 0 Å². The van der Waals surface area contributed by atoms with Crippen molar-refractivity contribution in [3.05, 3.63) is 11.8 Å². The number of quaternary nitrogens is 1. The van der Waals surface area contributed by atoms with E-state index in [1.165, 1.54) is 88.8 Å². The molecule has 1 aromatic rings. The van der Waals surface area contributed by atoms with E-state index in [2.05, 4.69) is 42.6 Å². The number of hydrogen-bond acceptors (Lipinski definition) is 6. The normalized spacial score (nSPS) is 18.3. The van der Waals surface area contributed by atoms with Gasteiger partial charge in [0.15, 0.2) is 0 Å². The number of hydrogen-bond donors (Lipinski definition) is 0. The Morgan fingerprint density at radius 2 is 1.50 bits per heavy atom. The number of rotatable bonds is 22. The van der Waals surface area contributed by atoms with Crippen molar-refractivity contribution in [2.75, 3.05) is 26.7 Å². The number of carbonyl (C=O) groups is 1. The van der Waals surface area contributed by atoms with E-state index in [1.807, 2.05) is 0 Å². The molecule has 2 unspecified atom stereocenters. The number of esters is 1. The lowest BCUT2D eigenvalue weighted by molar-refractivity contribution is -0.947. The average molecular weight is 551 g/mol. The van der Waals surface area contributed by atoms with E-state index in [1.54, 1.807) is 0 Å². The topological polar surface area (TPSA) is 61.3 Å². The minimum atomic E-state index is -0.135. The van der Waals surface area contributed by atoms with Gasteiger partial charge in [0, 0.05) is 24.8 Å². The first-order valence-corrected chi connectivity index (χ1v) is 16.5. The number of likely N-dealkylation sites (N-methyl/N-ethyl adjacent to an activating group) is 1. The molecule has 38 heavy (non-hydrogen) atoms. The smallest absolute Gasteiger partial charge is 0.310 e. The maximum Gasteiger partial charge on any atom is 0.310 e. The average Bonchev–Trinajstić information content (AvgIpc) is 3.39. The molecule has 6 nitrogen and oxygen atoms in total. The third-order valence-corrected chi connectivity index (χ3v) is 8.37. The summed E-state index contributed by atoms with van der Waals surface area (Å²) in [4.78, 5) is 12.7. The molecular formula is C31H56N3O3S+. The fraction of sp³-hybridized carbons (Fsp3) is 0.839. The van der Waals surface area contributed by atoms with Crippen molar-refractivity contribution in [3.8, 4) is 5.88 Å². The van der Waals surface area contributed by atoms with Crippen molar-refractivity contribution in [2.24, 2.45) is 0 Å². The maximum absolute atomic E-state index is 12.7. The van der Waals surface area contributed by atoms with Crippen LogP contribution in [0, 0.1) is 0 Å². The van der Waals surface area contributed by atoms with Gasteiger partial charge >= 0.3 is 5.97 Å². The number of nitrogens with zero attached hydrogens (tertiary/aromatic N) is 3. The Bertz CT molecular complexity index is 797. The van der Waals surface area contributed by atoms with Crippen LogP contribution in [0.25, 0.3) is 5.57 Å². The predicted molar refractivity (Wildman–Crippen MR) is 159 cm³/mol. The van der Waals surface area contributed by atoms with Crippen molar-refractivity contribution < 1.29 is 18.8 Å². The summed E-state index contributed by atoms with van der Waals surface area (Å²) < 4.78 is 21.8. The molecule has 1 aliphatic rings. The van der Waals surface area contributed by atoms with E-state index >= 15 is 0 Å². The van der Waals surface area contributed by atoms with Crippen LogP contribution in [0.2, 0.25) is 0 Å². The highest BCUT2D eigenvalue weighted by atomic mass is 32.1. The van der Waals surface area contributed by atoms with E-state index in [0.29, 0.717) is 23.4 Å². The minimum Gasteiger partial charge on any atom is -0.475 e. The van der Waals surface area contributed by atoms with Crippen molar-refractivity contribution in [1.82, 2.24) is 8.75 Å². The molecule has 0 aromatic carbocycles. The van der Waals surface area contributed by atoms with Crippen molar-refractivity contribution in [1.29, 1.82) is 0 Å². The second-order valence-electron chi connectivity index (χ2n) is 11.3. The zero-order chi connectivity index (χ0) is 27.5. The predicted octanol–water partition coefficient (Wildman–Crippen LogP) is 8.71. The summed E-state index contributed by atoms with van der Waals surface area (Å²) in [5, 5.41) is 0. The Hall–Kier alpha value is -1.47. The van der Waals surface area contributed by atoms with Gasteiger partial charge < -0.3 is 9.47 Å². The van der Waals surface area contributed by atoms with Gasteiger partial charge in [-0.15, -0.1) is 4.37 Å². The molecule has 1 aromatic heterocycles. The van der Waals surface area contributed by atoms with Crippen LogP contribution in [0.15, 0.2) is 6.08 Å². The van der Waals surface area contributed by atoms with E-state index < -0.39 is 0 Å². The molecule has 7 heteroatoms. The highest BCUT2D eigenvalue weighted by Crippen LogP contribution is 2.32. The Morgan fingerprint density at radius 1 is 0.895 bits per heavy atom. The number of unbranched alkanes of at least 4 members (excludes halogenated alkanes) is 13. The highest BCUT2D eigenvalue weighted by Gasteiger charge is 2.38. The lowest BCUT2D eigenvalue weighted by Crippen LogP contribution is -2.56. The van der Waals surface area contributed by atoms with E-state index in [4.69, 9.17) is 9.47 Å². The molecule has 1 aliphatic heterocycles. The number of aromatic nitrogens is 2. The fourth-order valence-corrected chi connectivity index (χ4v) is 5.98. The van der Waals surface area contributed by atoms with Crippen LogP contribution in [0.5, 0.6) is 5.88 Å². The summed E-state index contributed by atoms with van der Waals surface area (Å²) in [6.07, 6.45) is 23.2. The first-order valence-electron chi connectivity index (χ1n) is 15.7. The second-order valence-corrected chi connectivity index (χ2v) is 11.9. The molecular weight excluding hydrogens is 494 g/mol. The van der Waals surface area contributed by atoms with E-state index in [0.717, 1.165) is 56.5 Å². The third kappa shape index (κ3) is 12.1. The summed E-state index contributed by atoms with van der Waals surface area (Å²) in [7, 11) is 2.21. The molecule has 0 fully saturated rings. The second kappa shape index (κ2) is 19.6. The lowest BCUT2D eigenvalue weighted by atomic mass is 10.0. The van der Waals surface area contributed by atoms with Gasteiger partial charge in [-0.25, -0.2) is 0 Å². The van der Waals surface area contributed by atoms with Gasteiger partial charge in [-0.05, 0) is 12.8 Å². The molecule has 0 bridgehead atoms. The molecule has 0 N–H and O–H groups in total. The molecule has 0 amide bonds. The molecule has 0 saturated carbocycles. The maximum atomic E-state index is 12.7. The molecule has 218 valence electrons. The number of carbonyl (C=O) groups excluding carboxylic acids is 1. The summed E-state index contributed by atoms with van der Waals surface area (Å²) in [6, 6.07) is 0. The van der Waals surface area contributed by atoms with Gasteiger partial charge in [0.05, 0.1) is 31.9 Å². The molecule has 2 heterocycles. The lowest BCUT2D eigenvalue weighted by Gasteiger charge is -2.42. The molecule has 2 rings (SSSR count). The molecule has 0 radical (unpaired) electrons. The zero-order valence-corrected chi connectivity index (χ0v) is 25.8. The summed E-state index contributed by atoms with van der Waals surface area (Å²) in [5.74, 6) is 0.613. The SMILES string of the molecule is CCCCCCCCCCCCCC(=O)OC(CC)[N+]1(C)CCC=C(c2nsnc2OCCCCCC)C1. The van der Waals surface area contributed by atoms with Crippen LogP contribution in [-0.4, -0.2) is 52.2 Å². The van der Waals surface area contributed by atoms with Crippen molar-refractivity contribution >= 4 is 23.3 Å². The fourth-order valence-electron chi connectivity index (χ4n) is 5.45. The van der Waals surface area contributed by atoms with Crippen LogP contribution in [0.4, 0.5) is 0 Å². The van der Waals surface area contributed by atoms with Crippen LogP contribution in [-0.2, 0) is 9.53 Å². The summed E-state index contributed by atoms with van der Waals surface area (Å²) >= 11 is 1.22. The largest absolute Gasteiger partial charge is 0.475 e. The first-order chi connectivity index (χ1) is 18.5. The summed E-state index contributed by atoms with van der Waals surface area (Å²) in [6.45, 7) is 9.03. The van der Waals surface area contributed by atoms with Crippen LogP contribution in [0.3, 0.4) is 0 Å². The monoisotopic (exact) mass is 550 g/mol. The Kier molecular flexibility index (Phi) is 16.9. The third-order valence-electron chi connectivity index (χ3n) is 7.86. The molecule has 2 atom stereocenters. The molecule has 0 saturated heterocycles. The Morgan fingerprint density at radius 3 is 2.13 bits per heavy atom. The summed E-state index contributed by atoms with van der Waals surface area (Å²) in [5.41, 5.74) is 2.03. The zero-order valence-electron chi connectivity index (χ0n) is 25.0. The molecule has 0 aliphatic carbocycles. The number of ether oxygens (including phenoxy) is 2. The Balaban J connectivity index is 1.72. The van der Waals surface area contributed by atoms with Gasteiger partial charge in [0.2, 0.25) is 6.23 Å². The van der Waals surface area contributed by atoms with E-state index in [9.17, 15) is 4.79 Å². The Labute approximate surface area is 237 Å². The van der Waals surface area contributed by atoms with E-state index in [-0.39, 0.29) is 12.2 Å². The van der Waals surface area contributed by atoms with Crippen LogP contribution in [0.1, 0.15) is 142 Å². The molecule has 0 spiro atoms. The standard InChI is InChI=1S/C31H56N3O3S/c1-5-8-10-12-13-14-15-16-17-18-19-23-29(35)37-28(7-3)34(4)24-21-22-27(26-34)30-31(33-38-32-30)36-25-20-11-9-6-2/h22,28H,5-21,23-26H2,1-4H3/q+1. The van der Waals surface area contributed by atoms with Gasteiger partial charge in [-0.2, -0.15) is 4.37 Å². The minimum absolute atomic E-state index is 0.0466. The van der Waals surface area contributed by atoms with Crippen molar-refractivity contribution in [2.45, 2.75) is 143 Å². The quantitative estimate of drug-likeness (QED) is 0.0820.